The number of hydrogen-bond acceptors (Lipinski definition) is 3. The molecule has 0 radical (unpaired) electrons. The van der Waals surface area contributed by atoms with Crippen LogP contribution in [0.1, 0.15) is 11.1 Å². The standard InChI is InChI=1S/C17H15ClF4N2O3S/c18-15-6-5-13(10-14(15)17(20,21)22)28(26,27)24-8-7-23-16(25)9-11-1-3-12(19)4-2-11/h1-6,10,24H,7-9H2,(H,23,25). The summed E-state index contributed by atoms with van der Waals surface area (Å²) < 4.78 is 77.7. The van der Waals surface area contributed by atoms with E-state index in [1.54, 1.807) is 0 Å². The van der Waals surface area contributed by atoms with Gasteiger partial charge in [-0.2, -0.15) is 13.2 Å². The van der Waals surface area contributed by atoms with Crippen molar-refractivity contribution in [3.05, 3.63) is 64.4 Å². The van der Waals surface area contributed by atoms with Gasteiger partial charge in [0.1, 0.15) is 5.82 Å². The van der Waals surface area contributed by atoms with E-state index in [4.69, 9.17) is 11.6 Å². The Labute approximate surface area is 163 Å². The summed E-state index contributed by atoms with van der Waals surface area (Å²) in [6.07, 6.45) is -4.82. The minimum absolute atomic E-state index is 0.0286. The van der Waals surface area contributed by atoms with Gasteiger partial charge in [-0.05, 0) is 35.9 Å². The van der Waals surface area contributed by atoms with Gasteiger partial charge < -0.3 is 5.32 Å². The van der Waals surface area contributed by atoms with Crippen LogP contribution < -0.4 is 10.0 Å². The molecule has 0 heterocycles. The molecule has 0 saturated carbocycles. The van der Waals surface area contributed by atoms with Gasteiger partial charge in [0.15, 0.2) is 0 Å². The Morgan fingerprint density at radius 2 is 1.68 bits per heavy atom. The third kappa shape index (κ3) is 6.18. The topological polar surface area (TPSA) is 75.3 Å². The molecule has 0 aliphatic rings. The molecule has 5 nitrogen and oxygen atoms in total. The average molecular weight is 439 g/mol. The number of nitrogens with one attached hydrogen (secondary N) is 2. The van der Waals surface area contributed by atoms with Gasteiger partial charge in [0.05, 0.1) is 21.9 Å². The second kappa shape index (κ2) is 8.89. The van der Waals surface area contributed by atoms with Gasteiger partial charge in [-0.1, -0.05) is 23.7 Å². The Morgan fingerprint density at radius 1 is 1.04 bits per heavy atom. The number of amides is 1. The molecule has 0 aliphatic carbocycles. The molecule has 0 aromatic heterocycles. The Kier molecular flexibility index (Phi) is 7.02. The van der Waals surface area contributed by atoms with Crippen LogP contribution in [-0.4, -0.2) is 27.4 Å². The second-order valence-electron chi connectivity index (χ2n) is 5.69. The Bertz CT molecular complexity index is 948. The van der Waals surface area contributed by atoms with Crippen molar-refractivity contribution in [2.24, 2.45) is 0 Å². The molecule has 11 heteroatoms. The van der Waals surface area contributed by atoms with Gasteiger partial charge >= 0.3 is 6.18 Å². The summed E-state index contributed by atoms with van der Waals surface area (Å²) in [6, 6.07) is 7.54. The SMILES string of the molecule is O=C(Cc1ccc(F)cc1)NCCNS(=O)(=O)c1ccc(Cl)c(C(F)(F)F)c1. The van der Waals surface area contributed by atoms with Crippen LogP contribution in [0.25, 0.3) is 0 Å². The molecule has 2 aromatic rings. The predicted octanol–water partition coefficient (Wildman–Crippen LogP) is 3.14. The Morgan fingerprint density at radius 3 is 2.29 bits per heavy atom. The summed E-state index contributed by atoms with van der Waals surface area (Å²) in [4.78, 5) is 11.2. The quantitative estimate of drug-likeness (QED) is 0.515. The molecule has 2 aromatic carbocycles. The van der Waals surface area contributed by atoms with Crippen molar-refractivity contribution in [2.45, 2.75) is 17.5 Å². The minimum Gasteiger partial charge on any atom is -0.355 e. The first-order chi connectivity index (χ1) is 13.0. The highest BCUT2D eigenvalue weighted by atomic mass is 35.5. The molecule has 0 atom stereocenters. The summed E-state index contributed by atoms with van der Waals surface area (Å²) >= 11 is 5.46. The van der Waals surface area contributed by atoms with Crippen molar-refractivity contribution in [3.8, 4) is 0 Å². The maximum Gasteiger partial charge on any atom is 0.417 e. The molecule has 1 amide bonds. The van der Waals surface area contributed by atoms with Gasteiger partial charge in [0, 0.05) is 13.1 Å². The third-order valence-electron chi connectivity index (χ3n) is 3.57. The fourth-order valence-corrected chi connectivity index (χ4v) is 3.49. The van der Waals surface area contributed by atoms with E-state index in [-0.39, 0.29) is 19.5 Å². The monoisotopic (exact) mass is 438 g/mol. The molecular weight excluding hydrogens is 424 g/mol. The molecule has 0 unspecified atom stereocenters. The zero-order valence-corrected chi connectivity index (χ0v) is 15.8. The van der Waals surface area contributed by atoms with E-state index >= 15 is 0 Å². The highest BCUT2D eigenvalue weighted by Crippen LogP contribution is 2.35. The zero-order chi connectivity index (χ0) is 20.9. The van der Waals surface area contributed by atoms with Crippen molar-refractivity contribution in [1.82, 2.24) is 10.0 Å². The second-order valence-corrected chi connectivity index (χ2v) is 7.86. The van der Waals surface area contributed by atoms with Crippen LogP contribution in [0, 0.1) is 5.82 Å². The molecule has 2 rings (SSSR count). The lowest BCUT2D eigenvalue weighted by molar-refractivity contribution is -0.137. The van der Waals surface area contributed by atoms with E-state index in [2.05, 4.69) is 10.0 Å². The van der Waals surface area contributed by atoms with E-state index in [0.717, 1.165) is 12.1 Å². The van der Waals surface area contributed by atoms with Crippen LogP contribution in [-0.2, 0) is 27.4 Å². The number of alkyl halides is 3. The first-order valence-corrected chi connectivity index (χ1v) is 9.73. The normalized spacial score (nSPS) is 12.0. The molecular formula is C17H15ClF4N2O3S. The molecule has 152 valence electrons. The molecule has 0 spiro atoms. The number of benzene rings is 2. The van der Waals surface area contributed by atoms with Gasteiger partial charge in [-0.15, -0.1) is 0 Å². The highest BCUT2D eigenvalue weighted by molar-refractivity contribution is 7.89. The summed E-state index contributed by atoms with van der Waals surface area (Å²) in [6.45, 7) is -0.319. The molecule has 0 fully saturated rings. The van der Waals surface area contributed by atoms with E-state index in [1.807, 2.05) is 0 Å². The van der Waals surface area contributed by atoms with Crippen LogP contribution in [0.3, 0.4) is 0 Å². The zero-order valence-electron chi connectivity index (χ0n) is 14.2. The van der Waals surface area contributed by atoms with Gasteiger partial charge in [-0.3, -0.25) is 4.79 Å². The van der Waals surface area contributed by atoms with Crippen LogP contribution in [0.5, 0.6) is 0 Å². The van der Waals surface area contributed by atoms with Crippen molar-refractivity contribution in [2.75, 3.05) is 13.1 Å². The lowest BCUT2D eigenvalue weighted by atomic mass is 10.1. The van der Waals surface area contributed by atoms with Crippen molar-refractivity contribution >= 4 is 27.5 Å². The summed E-state index contributed by atoms with van der Waals surface area (Å²) in [5.74, 6) is -0.855. The maximum atomic E-state index is 12.8. The van der Waals surface area contributed by atoms with Crippen LogP contribution in [0.15, 0.2) is 47.4 Å². The van der Waals surface area contributed by atoms with E-state index < -0.39 is 43.4 Å². The number of hydrogen-bond donors (Lipinski definition) is 2. The van der Waals surface area contributed by atoms with Gasteiger partial charge in [0.2, 0.25) is 15.9 Å². The number of halogens is 5. The Hall–Kier alpha value is -2.17. The third-order valence-corrected chi connectivity index (χ3v) is 5.36. The van der Waals surface area contributed by atoms with Crippen molar-refractivity contribution in [3.63, 3.8) is 0 Å². The number of rotatable bonds is 7. The van der Waals surface area contributed by atoms with Gasteiger partial charge in [-0.25, -0.2) is 17.5 Å². The summed E-state index contributed by atoms with van der Waals surface area (Å²) in [7, 11) is -4.22. The highest BCUT2D eigenvalue weighted by Gasteiger charge is 2.34. The first kappa shape index (κ1) is 22.1. The lowest BCUT2D eigenvalue weighted by Crippen LogP contribution is -2.35. The minimum atomic E-state index is -4.79. The largest absolute Gasteiger partial charge is 0.417 e. The molecule has 0 bridgehead atoms. The molecule has 2 N–H and O–H groups in total. The predicted molar refractivity (Wildman–Crippen MR) is 94.8 cm³/mol. The fraction of sp³-hybridized carbons (Fsp3) is 0.235. The number of carbonyl (C=O) groups excluding carboxylic acids is 1. The lowest BCUT2D eigenvalue weighted by Gasteiger charge is -2.12. The first-order valence-electron chi connectivity index (χ1n) is 7.86. The fourth-order valence-electron chi connectivity index (χ4n) is 2.21. The number of carbonyl (C=O) groups is 1. The number of sulfonamides is 1. The van der Waals surface area contributed by atoms with Crippen LogP contribution in [0.4, 0.5) is 17.6 Å². The molecule has 0 saturated heterocycles. The van der Waals surface area contributed by atoms with Crippen molar-refractivity contribution < 1.29 is 30.8 Å². The molecule has 0 aliphatic heterocycles. The summed E-state index contributed by atoms with van der Waals surface area (Å²) in [5.41, 5.74) is -0.690. The van der Waals surface area contributed by atoms with Crippen LogP contribution in [0.2, 0.25) is 5.02 Å². The van der Waals surface area contributed by atoms with Gasteiger partial charge in [0.25, 0.3) is 0 Å². The summed E-state index contributed by atoms with van der Waals surface area (Å²) in [5, 5.41) is 1.84. The van der Waals surface area contributed by atoms with E-state index in [1.165, 1.54) is 24.3 Å². The maximum absolute atomic E-state index is 12.8. The van der Waals surface area contributed by atoms with Crippen LogP contribution >= 0.6 is 11.6 Å². The smallest absolute Gasteiger partial charge is 0.355 e. The van der Waals surface area contributed by atoms with E-state index in [9.17, 15) is 30.8 Å². The van der Waals surface area contributed by atoms with E-state index in [0.29, 0.717) is 11.6 Å². The molecule has 28 heavy (non-hydrogen) atoms. The Balaban J connectivity index is 1.90. The van der Waals surface area contributed by atoms with Crippen molar-refractivity contribution in [1.29, 1.82) is 0 Å². The average Bonchev–Trinajstić information content (AvgIpc) is 2.60.